The fraction of sp³-hybridized carbons (Fsp3) is 0.280. The van der Waals surface area contributed by atoms with Gasteiger partial charge in [-0.15, -0.1) is 11.3 Å². The lowest BCUT2D eigenvalue weighted by Crippen LogP contribution is -2.40. The van der Waals surface area contributed by atoms with E-state index in [2.05, 4.69) is 15.9 Å². The Labute approximate surface area is 208 Å². The second-order valence-electron chi connectivity index (χ2n) is 7.74. The van der Waals surface area contributed by atoms with Gasteiger partial charge in [0, 0.05) is 31.6 Å². The molecule has 2 aromatic heterocycles. The summed E-state index contributed by atoms with van der Waals surface area (Å²) in [5.41, 5.74) is 0.615. The summed E-state index contributed by atoms with van der Waals surface area (Å²) in [6, 6.07) is 15.8. The van der Waals surface area contributed by atoms with Crippen LogP contribution < -0.4 is 16.0 Å². The van der Waals surface area contributed by atoms with Crippen LogP contribution in [0.5, 0.6) is 5.75 Å². The number of aromatic nitrogens is 2. The fourth-order valence-electron chi connectivity index (χ4n) is 3.81. The number of halogens is 2. The molecule has 0 fully saturated rings. The predicted octanol–water partition coefficient (Wildman–Crippen LogP) is 5.21. The molecule has 0 amide bonds. The Bertz CT molecular complexity index is 1410. The zero-order valence-corrected chi connectivity index (χ0v) is 21.2. The van der Waals surface area contributed by atoms with Crippen molar-refractivity contribution in [1.82, 2.24) is 9.13 Å². The monoisotopic (exact) mass is 546 g/mol. The van der Waals surface area contributed by atoms with Crippen LogP contribution in [0.2, 0.25) is 0 Å². The van der Waals surface area contributed by atoms with Crippen LogP contribution in [0, 0.1) is 5.82 Å². The minimum atomic E-state index is -0.545. The molecule has 0 aliphatic carbocycles. The molecular weight excluding hydrogens is 523 g/mol. The number of ether oxygens (including phenoxy) is 2. The molecule has 1 atom stereocenters. The number of alkyl halides is 1. The van der Waals surface area contributed by atoms with E-state index in [1.54, 1.807) is 37.0 Å². The maximum atomic E-state index is 14.3. The van der Waals surface area contributed by atoms with Crippen LogP contribution >= 0.6 is 27.3 Å². The summed E-state index contributed by atoms with van der Waals surface area (Å²) in [5, 5.41) is 0.450. The molecular formula is C25H24BrFN2O4S. The molecule has 0 aliphatic heterocycles. The molecule has 0 aliphatic rings. The molecule has 6 nitrogen and oxygen atoms in total. The van der Waals surface area contributed by atoms with Crippen molar-refractivity contribution in [2.45, 2.75) is 24.3 Å². The van der Waals surface area contributed by atoms with E-state index in [4.69, 9.17) is 9.47 Å². The second kappa shape index (κ2) is 10.7. The molecule has 178 valence electrons. The van der Waals surface area contributed by atoms with E-state index in [1.165, 1.54) is 22.0 Å². The van der Waals surface area contributed by atoms with E-state index >= 15 is 0 Å². The molecule has 0 spiro atoms. The van der Waals surface area contributed by atoms with Crippen LogP contribution in [0.1, 0.15) is 16.9 Å². The van der Waals surface area contributed by atoms with Gasteiger partial charge in [0.05, 0.1) is 17.4 Å². The third-order valence-corrected chi connectivity index (χ3v) is 7.49. The SMILES string of the molecule is COCCCn1c(=O)c2cc(-c3ccc(OC)cc3)sc2n(C(Br)Cc2ccccc2F)c1=O. The van der Waals surface area contributed by atoms with E-state index in [-0.39, 0.29) is 24.3 Å². The Morgan fingerprint density at radius 3 is 2.50 bits per heavy atom. The highest BCUT2D eigenvalue weighted by atomic mass is 79.9. The van der Waals surface area contributed by atoms with E-state index < -0.39 is 10.6 Å². The summed E-state index contributed by atoms with van der Waals surface area (Å²) >= 11 is 4.96. The van der Waals surface area contributed by atoms with Crippen LogP contribution in [0.25, 0.3) is 20.7 Å². The molecule has 9 heteroatoms. The highest BCUT2D eigenvalue weighted by Gasteiger charge is 2.22. The Hall–Kier alpha value is -2.75. The topological polar surface area (TPSA) is 62.5 Å². The highest BCUT2D eigenvalue weighted by Crippen LogP contribution is 2.35. The zero-order valence-electron chi connectivity index (χ0n) is 18.8. The van der Waals surface area contributed by atoms with E-state index in [0.29, 0.717) is 28.8 Å². The van der Waals surface area contributed by atoms with Gasteiger partial charge in [-0.25, -0.2) is 9.18 Å². The molecule has 4 aromatic rings. The molecule has 2 heterocycles. The van der Waals surface area contributed by atoms with Crippen molar-refractivity contribution in [1.29, 1.82) is 0 Å². The molecule has 0 N–H and O–H groups in total. The summed E-state index contributed by atoms with van der Waals surface area (Å²) in [6.07, 6.45) is 0.765. The van der Waals surface area contributed by atoms with Gasteiger partial charge < -0.3 is 9.47 Å². The molecule has 34 heavy (non-hydrogen) atoms. The first-order chi connectivity index (χ1) is 16.4. The number of nitrogens with zero attached hydrogens (tertiary/aromatic N) is 2. The van der Waals surface area contributed by atoms with Gasteiger partial charge in [-0.2, -0.15) is 0 Å². The summed E-state index contributed by atoms with van der Waals surface area (Å²) in [6.45, 7) is 0.659. The molecule has 0 saturated heterocycles. The molecule has 1 unspecified atom stereocenters. The zero-order chi connectivity index (χ0) is 24.2. The van der Waals surface area contributed by atoms with Gasteiger partial charge in [-0.1, -0.05) is 34.1 Å². The lowest BCUT2D eigenvalue weighted by Gasteiger charge is -2.17. The lowest BCUT2D eigenvalue weighted by atomic mass is 10.1. The van der Waals surface area contributed by atoms with Crippen molar-refractivity contribution in [3.63, 3.8) is 0 Å². The normalized spacial score (nSPS) is 12.2. The van der Waals surface area contributed by atoms with Crippen molar-refractivity contribution < 1.29 is 13.9 Å². The molecule has 0 saturated carbocycles. The Morgan fingerprint density at radius 2 is 1.82 bits per heavy atom. The van der Waals surface area contributed by atoms with Crippen molar-refractivity contribution in [2.24, 2.45) is 0 Å². The molecule has 0 bridgehead atoms. The van der Waals surface area contributed by atoms with Crippen molar-refractivity contribution in [3.05, 3.63) is 86.8 Å². The number of hydrogen-bond donors (Lipinski definition) is 0. The van der Waals surface area contributed by atoms with Gasteiger partial charge in [0.2, 0.25) is 0 Å². The minimum Gasteiger partial charge on any atom is -0.497 e. The Morgan fingerprint density at radius 1 is 1.09 bits per heavy atom. The number of thiophene rings is 1. The first kappa shape index (κ1) is 24.4. The summed E-state index contributed by atoms with van der Waals surface area (Å²) in [5.74, 6) is 0.391. The van der Waals surface area contributed by atoms with Gasteiger partial charge in [-0.05, 0) is 53.9 Å². The number of hydrogen-bond acceptors (Lipinski definition) is 5. The largest absolute Gasteiger partial charge is 0.497 e. The van der Waals surface area contributed by atoms with Crippen LogP contribution in [0.15, 0.2) is 64.2 Å². The van der Waals surface area contributed by atoms with E-state index in [9.17, 15) is 14.0 Å². The standard InChI is InChI=1S/C25H24BrFN2O4S/c1-32-13-5-12-28-23(30)19-15-21(16-8-10-18(33-2)11-9-16)34-24(19)29(25(28)31)22(26)14-17-6-3-4-7-20(17)27/h3-4,6-11,15,22H,5,12-14H2,1-2H3. The third kappa shape index (κ3) is 4.87. The smallest absolute Gasteiger partial charge is 0.333 e. The number of benzene rings is 2. The molecule has 0 radical (unpaired) electrons. The Kier molecular flexibility index (Phi) is 7.65. The van der Waals surface area contributed by atoms with Gasteiger partial charge in [0.1, 0.15) is 16.4 Å². The maximum Gasteiger partial charge on any atom is 0.333 e. The van der Waals surface area contributed by atoms with Gasteiger partial charge >= 0.3 is 5.69 Å². The number of rotatable bonds is 9. The lowest BCUT2D eigenvalue weighted by molar-refractivity contribution is 0.189. The summed E-state index contributed by atoms with van der Waals surface area (Å²) < 4.78 is 27.5. The third-order valence-electron chi connectivity index (χ3n) is 5.57. The van der Waals surface area contributed by atoms with Gasteiger partial charge in [0.15, 0.2) is 0 Å². The van der Waals surface area contributed by atoms with E-state index in [0.717, 1.165) is 16.2 Å². The average molecular weight is 547 g/mol. The Balaban J connectivity index is 1.86. The fourth-order valence-corrected chi connectivity index (χ4v) is 5.87. The predicted molar refractivity (Wildman–Crippen MR) is 137 cm³/mol. The van der Waals surface area contributed by atoms with Crippen LogP contribution in [-0.4, -0.2) is 30.0 Å². The second-order valence-corrected chi connectivity index (χ2v) is 9.83. The molecule has 4 rings (SSSR count). The van der Waals surface area contributed by atoms with Gasteiger partial charge in [-0.3, -0.25) is 13.9 Å². The summed E-state index contributed by atoms with van der Waals surface area (Å²) in [4.78, 5) is 27.6. The number of fused-ring (bicyclic) bond motifs is 1. The average Bonchev–Trinajstić information content (AvgIpc) is 3.28. The van der Waals surface area contributed by atoms with Gasteiger partial charge in [0.25, 0.3) is 5.56 Å². The first-order valence-electron chi connectivity index (χ1n) is 10.7. The minimum absolute atomic E-state index is 0.231. The highest BCUT2D eigenvalue weighted by molar-refractivity contribution is 9.09. The summed E-state index contributed by atoms with van der Waals surface area (Å²) in [7, 11) is 3.18. The van der Waals surface area contributed by atoms with Crippen LogP contribution in [-0.2, 0) is 17.7 Å². The van der Waals surface area contributed by atoms with Crippen molar-refractivity contribution in [2.75, 3.05) is 20.8 Å². The van der Waals surface area contributed by atoms with E-state index in [1.807, 2.05) is 30.3 Å². The quantitative estimate of drug-likeness (QED) is 0.213. The molecule has 2 aromatic carbocycles. The first-order valence-corrected chi connectivity index (χ1v) is 12.5. The van der Waals surface area contributed by atoms with Crippen LogP contribution in [0.3, 0.4) is 0 Å². The number of methoxy groups -OCH3 is 2. The van der Waals surface area contributed by atoms with Crippen molar-refractivity contribution in [3.8, 4) is 16.2 Å². The van der Waals surface area contributed by atoms with Crippen molar-refractivity contribution >= 4 is 37.5 Å². The van der Waals surface area contributed by atoms with Crippen LogP contribution in [0.4, 0.5) is 4.39 Å². The maximum absolute atomic E-state index is 14.3.